The monoisotopic (exact) mass is 642 g/mol. The Morgan fingerprint density at radius 2 is 1.65 bits per heavy atom. The number of benzene rings is 1. The zero-order valence-electron chi connectivity index (χ0n) is 11.4. The molecular weight excluding hydrogens is 628 g/mol. The third kappa shape index (κ3) is 6.92. The van der Waals surface area contributed by atoms with Gasteiger partial charge in [-0.15, -0.1) is 17.7 Å². The van der Waals surface area contributed by atoms with Crippen molar-refractivity contribution in [1.29, 1.82) is 0 Å². The van der Waals surface area contributed by atoms with Crippen LogP contribution in [-0.4, -0.2) is 26.1 Å². The summed E-state index contributed by atoms with van der Waals surface area (Å²) in [5, 5.41) is 0. The third-order valence-corrected chi connectivity index (χ3v) is 2.50. The molecule has 1 radical (unpaired) electrons. The van der Waals surface area contributed by atoms with Crippen LogP contribution >= 0.6 is 0 Å². The van der Waals surface area contributed by atoms with Crippen molar-refractivity contribution in [3.8, 4) is 11.3 Å². The van der Waals surface area contributed by atoms with E-state index in [1.165, 1.54) is 5.69 Å². The number of hydrogen-bond acceptors (Lipinski definition) is 1. The van der Waals surface area contributed by atoms with Crippen LogP contribution in [0.15, 0.2) is 42.6 Å². The molecule has 0 bridgehead atoms. The van der Waals surface area contributed by atoms with Crippen molar-refractivity contribution < 1.29 is 71.0 Å². The van der Waals surface area contributed by atoms with Gasteiger partial charge in [0.1, 0.15) is 0 Å². The van der Waals surface area contributed by atoms with Gasteiger partial charge < -0.3 is 60.4 Å². The van der Waals surface area contributed by atoms with Crippen LogP contribution in [0.1, 0.15) is 0 Å². The fourth-order valence-corrected chi connectivity index (χ4v) is 1.54. The molecule has 0 aliphatic rings. The molecule has 2 aromatic rings. The molecule has 2 rings (SSSR count). The van der Waals surface area contributed by atoms with E-state index in [4.69, 9.17) is 0 Å². The van der Waals surface area contributed by atoms with Crippen LogP contribution in [0.4, 0.5) is 5.69 Å². The summed E-state index contributed by atoms with van der Waals surface area (Å²) in [6.45, 7) is 0. The third-order valence-electron chi connectivity index (χ3n) is 2.50. The standard InChI is InChI=1S/C14H16N2.3BrH.Ir/c1-16(2,3)13-8-6-7-12(11-13)14-9-4-5-10-15-14;;;;/h4-6,8-11H,1-3H3;3*1H;/p-3. The molecule has 0 saturated carbocycles. The Bertz CT molecular complexity index is 487. The van der Waals surface area contributed by atoms with Gasteiger partial charge in [0.25, 0.3) is 0 Å². The first-order valence-electron chi connectivity index (χ1n) is 5.32. The van der Waals surface area contributed by atoms with E-state index in [2.05, 4.69) is 44.3 Å². The summed E-state index contributed by atoms with van der Waals surface area (Å²) in [6.07, 6.45) is 1.81. The largest absolute Gasteiger partial charge is 1.00 e. The van der Waals surface area contributed by atoms with Gasteiger partial charge in [-0.1, -0.05) is 24.3 Å². The van der Waals surface area contributed by atoms with E-state index in [0.29, 0.717) is 0 Å². The predicted molar refractivity (Wildman–Crippen MR) is 68.1 cm³/mol. The molecule has 0 atom stereocenters. The first-order chi connectivity index (χ1) is 7.57. The Kier molecular flexibility index (Phi) is 14.0. The van der Waals surface area contributed by atoms with Crippen molar-refractivity contribution in [3.05, 3.63) is 48.7 Å². The van der Waals surface area contributed by atoms with E-state index in [-0.39, 0.29) is 71.0 Å². The molecule has 0 N–H and O–H groups in total. The maximum atomic E-state index is 4.33. The minimum atomic E-state index is 0. The van der Waals surface area contributed by atoms with Crippen molar-refractivity contribution in [1.82, 2.24) is 9.47 Å². The van der Waals surface area contributed by atoms with Gasteiger partial charge in [0.2, 0.25) is 0 Å². The average Bonchev–Trinajstić information content (AvgIpc) is 2.29. The normalized spacial score (nSPS) is 9.15. The predicted octanol–water partition coefficient (Wildman–Crippen LogP) is -6.25. The molecule has 0 aliphatic heterocycles. The fraction of sp³-hybridized carbons (Fsp3) is 0.214. The van der Waals surface area contributed by atoms with E-state index >= 15 is 0 Å². The minimum Gasteiger partial charge on any atom is -1.00 e. The van der Waals surface area contributed by atoms with E-state index in [9.17, 15) is 0 Å². The first kappa shape index (κ1) is 25.4. The molecule has 0 fully saturated rings. The summed E-state index contributed by atoms with van der Waals surface area (Å²) in [6, 6.07) is 15.3. The Morgan fingerprint density at radius 3 is 2.15 bits per heavy atom. The van der Waals surface area contributed by atoms with Crippen molar-refractivity contribution in [2.24, 2.45) is 0 Å². The summed E-state index contributed by atoms with van der Waals surface area (Å²) in [5.74, 6) is 0. The minimum absolute atomic E-state index is 0. The smallest absolute Gasteiger partial charge is 0.0711 e. The Balaban J connectivity index is -0.000000722. The number of rotatable bonds is 2. The van der Waals surface area contributed by atoms with Crippen molar-refractivity contribution in [2.75, 3.05) is 21.1 Å². The van der Waals surface area contributed by atoms with Gasteiger partial charge in [-0.3, -0.25) is 0 Å². The SMILES string of the molecule is C[N+](C)(C)c1cc[c-]c(-c2ccccn2)c1.[Br-].[Br-].[Br-].[Ir]. The molecule has 0 saturated heterocycles. The number of hydrogen-bond donors (Lipinski definition) is 0. The zero-order chi connectivity index (χ0) is 11.6. The Morgan fingerprint density at radius 1 is 1.00 bits per heavy atom. The number of pyridine rings is 1. The van der Waals surface area contributed by atoms with Crippen LogP contribution in [0.3, 0.4) is 0 Å². The van der Waals surface area contributed by atoms with Gasteiger partial charge in [0, 0.05) is 26.3 Å². The van der Waals surface area contributed by atoms with Gasteiger partial charge in [0.05, 0.1) is 26.8 Å². The van der Waals surface area contributed by atoms with Gasteiger partial charge in [-0.05, 0) is 11.8 Å². The van der Waals surface area contributed by atoms with E-state index in [1.807, 2.05) is 30.5 Å². The summed E-state index contributed by atoms with van der Waals surface area (Å²) < 4.78 is 0.800. The van der Waals surface area contributed by atoms with Crippen LogP contribution in [0.25, 0.3) is 11.3 Å². The molecule has 1 heterocycles. The van der Waals surface area contributed by atoms with Gasteiger partial charge in [-0.2, -0.15) is 0 Å². The summed E-state index contributed by atoms with van der Waals surface area (Å²) in [7, 11) is 6.45. The van der Waals surface area contributed by atoms with Crippen molar-refractivity contribution >= 4 is 5.69 Å². The second kappa shape index (κ2) is 11.0. The fourth-order valence-electron chi connectivity index (χ4n) is 1.54. The molecule has 1 aromatic heterocycles. The van der Waals surface area contributed by atoms with Gasteiger partial charge >= 0.3 is 0 Å². The molecule has 20 heavy (non-hydrogen) atoms. The number of halogens is 3. The zero-order valence-corrected chi connectivity index (χ0v) is 18.6. The van der Waals surface area contributed by atoms with Crippen molar-refractivity contribution in [3.63, 3.8) is 0 Å². The molecule has 115 valence electrons. The molecule has 0 amide bonds. The second-order valence-electron chi connectivity index (χ2n) is 4.69. The van der Waals surface area contributed by atoms with E-state index in [1.54, 1.807) is 0 Å². The van der Waals surface area contributed by atoms with Crippen LogP contribution in [-0.2, 0) is 20.1 Å². The maximum absolute atomic E-state index is 4.33. The number of aromatic nitrogens is 1. The van der Waals surface area contributed by atoms with Crippen LogP contribution in [0.2, 0.25) is 0 Å². The summed E-state index contributed by atoms with van der Waals surface area (Å²) >= 11 is 0. The van der Waals surface area contributed by atoms with Crippen LogP contribution < -0.4 is 55.4 Å². The molecule has 6 heteroatoms. The van der Waals surface area contributed by atoms with Crippen LogP contribution in [0, 0.1) is 6.07 Å². The van der Waals surface area contributed by atoms with E-state index < -0.39 is 0 Å². The molecule has 1 aromatic carbocycles. The van der Waals surface area contributed by atoms with Gasteiger partial charge in [-0.25, -0.2) is 0 Å². The number of quaternary nitrogens is 1. The Labute approximate surface area is 166 Å². The number of nitrogens with zero attached hydrogens (tertiary/aromatic N) is 2. The first-order valence-corrected chi connectivity index (χ1v) is 5.32. The maximum Gasteiger partial charge on any atom is 0.0711 e. The topological polar surface area (TPSA) is 12.9 Å². The molecule has 0 aliphatic carbocycles. The summed E-state index contributed by atoms with van der Waals surface area (Å²) in [4.78, 5) is 4.33. The molecule has 2 nitrogen and oxygen atoms in total. The second-order valence-corrected chi connectivity index (χ2v) is 4.69. The molecule has 0 spiro atoms. The van der Waals surface area contributed by atoms with Crippen LogP contribution in [0.5, 0.6) is 0 Å². The van der Waals surface area contributed by atoms with E-state index in [0.717, 1.165) is 15.7 Å². The summed E-state index contributed by atoms with van der Waals surface area (Å²) in [5.41, 5.74) is 3.27. The molecular formula is C14H16Br3IrN2-3. The Hall–Kier alpha value is 0.419. The quantitative estimate of drug-likeness (QED) is 0.235. The van der Waals surface area contributed by atoms with Crippen molar-refractivity contribution in [2.45, 2.75) is 0 Å². The molecule has 0 unspecified atom stereocenters. The van der Waals surface area contributed by atoms with Gasteiger partial charge in [0.15, 0.2) is 0 Å². The average molecular weight is 644 g/mol.